The first-order valence-corrected chi connectivity index (χ1v) is 16.5. The van der Waals surface area contributed by atoms with Crippen LogP contribution in [0.1, 0.15) is 79.9 Å². The van der Waals surface area contributed by atoms with Gasteiger partial charge in [-0.2, -0.15) is 0 Å². The van der Waals surface area contributed by atoms with Crippen LogP contribution < -0.4 is 10.6 Å². The number of aryl methyl sites for hydroxylation is 1. The summed E-state index contributed by atoms with van der Waals surface area (Å²) in [5.74, 6) is -4.10. The first kappa shape index (κ1) is 36.2. The number of hydrogen-bond donors (Lipinski definition) is 2. The Bertz CT molecular complexity index is 1690. The van der Waals surface area contributed by atoms with E-state index >= 15 is 0 Å². The van der Waals surface area contributed by atoms with Crippen LogP contribution in [0.3, 0.4) is 0 Å². The second-order valence-corrected chi connectivity index (χ2v) is 13.3. The molecule has 252 valence electrons. The number of aldehydes is 1. The van der Waals surface area contributed by atoms with Crippen molar-refractivity contribution in [1.82, 2.24) is 5.32 Å². The standard InChI is InChI=1S/C40H44F2N2O4/c1-6-29(37(25(2)3)44-38(47)36-32(41)12-9-13-33(36)42)22-30(21-28-18-16-26(4)17-19-28)35(46)15-10-20-40(23-27(5)24-45)31-11-7-8-14-34(31)43-39(40)48/h7-9,11-14,16-19,24-25,27,30,37H,1,10,15,20-23H2,2-5H3,(H,43,48)(H,44,47)/t27-,30+,37-,40+/m0/s1. The summed E-state index contributed by atoms with van der Waals surface area (Å²) in [7, 11) is 0. The van der Waals surface area contributed by atoms with Crippen LogP contribution in [0.25, 0.3) is 0 Å². The minimum atomic E-state index is -0.967. The Morgan fingerprint density at radius 1 is 1.00 bits per heavy atom. The molecule has 1 aliphatic heterocycles. The van der Waals surface area contributed by atoms with Gasteiger partial charge in [-0.25, -0.2) is 8.78 Å². The number of rotatable bonds is 16. The van der Waals surface area contributed by atoms with Crippen LogP contribution in [-0.2, 0) is 26.2 Å². The minimum Gasteiger partial charge on any atom is -0.344 e. The summed E-state index contributed by atoms with van der Waals surface area (Å²) in [6.45, 7) is 11.4. The zero-order valence-electron chi connectivity index (χ0n) is 28.1. The van der Waals surface area contributed by atoms with E-state index in [1.807, 2.05) is 69.3 Å². The van der Waals surface area contributed by atoms with Gasteiger partial charge in [0, 0.05) is 23.9 Å². The van der Waals surface area contributed by atoms with Gasteiger partial charge >= 0.3 is 0 Å². The lowest BCUT2D eigenvalue weighted by Gasteiger charge is -2.29. The smallest absolute Gasteiger partial charge is 0.257 e. The monoisotopic (exact) mass is 654 g/mol. The molecule has 2 N–H and O–H groups in total. The van der Waals surface area contributed by atoms with Gasteiger partial charge in [-0.3, -0.25) is 14.4 Å². The van der Waals surface area contributed by atoms with Crippen molar-refractivity contribution in [3.63, 3.8) is 0 Å². The van der Waals surface area contributed by atoms with Gasteiger partial charge in [-0.15, -0.1) is 5.73 Å². The number of amides is 2. The highest BCUT2D eigenvalue weighted by molar-refractivity contribution is 6.06. The van der Waals surface area contributed by atoms with E-state index in [9.17, 15) is 28.0 Å². The van der Waals surface area contributed by atoms with Crippen LogP contribution in [0.4, 0.5) is 14.5 Å². The second kappa shape index (κ2) is 15.9. The Hall–Kier alpha value is -4.68. The Kier molecular flexibility index (Phi) is 12.0. The molecular weight excluding hydrogens is 610 g/mol. The molecule has 2 amide bonds. The van der Waals surface area contributed by atoms with E-state index < -0.39 is 40.5 Å². The number of anilines is 1. The number of halogens is 2. The minimum absolute atomic E-state index is 0.0254. The second-order valence-electron chi connectivity index (χ2n) is 13.3. The fourth-order valence-electron chi connectivity index (χ4n) is 6.76. The van der Waals surface area contributed by atoms with Gasteiger partial charge in [-0.1, -0.05) is 81.4 Å². The van der Waals surface area contributed by atoms with Crippen molar-refractivity contribution in [3.8, 4) is 0 Å². The fourth-order valence-corrected chi connectivity index (χ4v) is 6.76. The number of benzene rings is 3. The fraction of sp³-hybridized carbons (Fsp3) is 0.375. The molecule has 0 saturated carbocycles. The molecule has 0 saturated heterocycles. The zero-order chi connectivity index (χ0) is 35.0. The van der Waals surface area contributed by atoms with Crippen molar-refractivity contribution in [1.29, 1.82) is 0 Å². The molecule has 6 nitrogen and oxygen atoms in total. The molecule has 0 aliphatic carbocycles. The van der Waals surface area contributed by atoms with E-state index in [2.05, 4.69) is 22.9 Å². The molecule has 48 heavy (non-hydrogen) atoms. The molecule has 0 fully saturated rings. The maximum atomic E-state index is 14.5. The normalized spacial score (nSPS) is 17.1. The number of carbonyl (C=O) groups excluding carboxylic acids is 4. The summed E-state index contributed by atoms with van der Waals surface area (Å²) in [6.07, 6.45) is 2.82. The van der Waals surface area contributed by atoms with Crippen molar-refractivity contribution in [2.45, 2.75) is 77.7 Å². The number of carbonyl (C=O) groups is 4. The van der Waals surface area contributed by atoms with Crippen LogP contribution in [-0.4, -0.2) is 29.9 Å². The van der Waals surface area contributed by atoms with Crippen molar-refractivity contribution >= 4 is 29.6 Å². The summed E-state index contributed by atoms with van der Waals surface area (Å²) in [4.78, 5) is 52.3. The average molecular weight is 655 g/mol. The summed E-state index contributed by atoms with van der Waals surface area (Å²) in [5, 5.41) is 5.73. The number of nitrogens with one attached hydrogen (secondary N) is 2. The summed E-state index contributed by atoms with van der Waals surface area (Å²) >= 11 is 0. The highest BCUT2D eigenvalue weighted by Gasteiger charge is 2.46. The molecule has 3 aromatic carbocycles. The molecule has 0 bridgehead atoms. The van der Waals surface area contributed by atoms with Crippen LogP contribution in [0.5, 0.6) is 0 Å². The highest BCUT2D eigenvalue weighted by atomic mass is 19.1. The van der Waals surface area contributed by atoms with Gasteiger partial charge in [-0.05, 0) is 79.8 Å². The van der Waals surface area contributed by atoms with E-state index in [4.69, 9.17) is 0 Å². The van der Waals surface area contributed by atoms with Gasteiger partial charge in [0.05, 0.1) is 11.5 Å². The van der Waals surface area contributed by atoms with Crippen LogP contribution in [0.15, 0.2) is 84.6 Å². The molecule has 4 rings (SSSR count). The number of Topliss-reactive ketones (excluding diaryl/α,β-unsaturated/α-hetero) is 1. The van der Waals surface area contributed by atoms with Gasteiger partial charge in [0.2, 0.25) is 5.91 Å². The van der Waals surface area contributed by atoms with Gasteiger partial charge in [0.25, 0.3) is 5.91 Å². The molecule has 4 atom stereocenters. The van der Waals surface area contributed by atoms with Gasteiger partial charge < -0.3 is 15.4 Å². The van der Waals surface area contributed by atoms with E-state index in [1.54, 1.807) is 6.92 Å². The maximum absolute atomic E-state index is 14.5. The maximum Gasteiger partial charge on any atom is 0.257 e. The predicted molar refractivity (Wildman–Crippen MR) is 184 cm³/mol. The van der Waals surface area contributed by atoms with Gasteiger partial charge in [0.1, 0.15) is 29.3 Å². The Balaban J connectivity index is 1.57. The first-order chi connectivity index (χ1) is 22.9. The van der Waals surface area contributed by atoms with E-state index in [1.165, 1.54) is 6.07 Å². The molecule has 3 aromatic rings. The SMILES string of the molecule is C=C=C(C[C@@H](Cc1ccc(C)cc1)C(=O)CCC[C@]1(C[C@H](C)C=O)C(=O)Nc2ccccc21)[C@@H](NC(=O)c1c(F)cccc1F)C(C)C. The van der Waals surface area contributed by atoms with E-state index in [0.717, 1.165) is 40.8 Å². The van der Waals surface area contributed by atoms with Crippen LogP contribution in [0, 0.1) is 36.3 Å². The quantitative estimate of drug-likeness (QED) is 0.122. The first-order valence-electron chi connectivity index (χ1n) is 16.5. The molecule has 0 spiro atoms. The molecule has 1 heterocycles. The van der Waals surface area contributed by atoms with Crippen molar-refractivity contribution < 1.29 is 28.0 Å². The molecule has 0 unspecified atom stereocenters. The van der Waals surface area contributed by atoms with Gasteiger partial charge in [0.15, 0.2) is 0 Å². The van der Waals surface area contributed by atoms with Crippen LogP contribution in [0.2, 0.25) is 0 Å². The molecule has 1 aliphatic rings. The Morgan fingerprint density at radius 2 is 1.67 bits per heavy atom. The number of ketones is 1. The lowest BCUT2D eigenvalue weighted by Crippen LogP contribution is -2.41. The summed E-state index contributed by atoms with van der Waals surface area (Å²) in [5.41, 5.74) is 5.49. The van der Waals surface area contributed by atoms with Crippen molar-refractivity contribution in [2.24, 2.45) is 17.8 Å². The molecule has 8 heteroatoms. The van der Waals surface area contributed by atoms with E-state index in [-0.39, 0.29) is 36.4 Å². The van der Waals surface area contributed by atoms with Crippen molar-refractivity contribution in [2.75, 3.05) is 5.32 Å². The number of para-hydroxylation sites is 1. The summed E-state index contributed by atoms with van der Waals surface area (Å²) < 4.78 is 28.9. The zero-order valence-corrected chi connectivity index (χ0v) is 28.1. The van der Waals surface area contributed by atoms with Crippen LogP contribution >= 0.6 is 0 Å². The number of fused-ring (bicyclic) bond motifs is 1. The topological polar surface area (TPSA) is 92.3 Å². The predicted octanol–water partition coefficient (Wildman–Crippen LogP) is 7.84. The lowest BCUT2D eigenvalue weighted by molar-refractivity contribution is -0.125. The Morgan fingerprint density at radius 3 is 2.29 bits per heavy atom. The molecule has 0 aromatic heterocycles. The molecular formula is C40H44F2N2O4. The highest BCUT2D eigenvalue weighted by Crippen LogP contribution is 2.45. The third kappa shape index (κ3) is 8.23. The Labute approximate surface area is 281 Å². The third-order valence-electron chi connectivity index (χ3n) is 9.32. The van der Waals surface area contributed by atoms with E-state index in [0.29, 0.717) is 31.3 Å². The summed E-state index contributed by atoms with van der Waals surface area (Å²) in [6, 6.07) is 18.0. The third-order valence-corrected chi connectivity index (χ3v) is 9.32. The lowest BCUT2D eigenvalue weighted by atomic mass is 9.71. The molecule has 0 radical (unpaired) electrons. The largest absolute Gasteiger partial charge is 0.344 e. The van der Waals surface area contributed by atoms with Crippen molar-refractivity contribution in [3.05, 3.63) is 119 Å². The number of hydrogen-bond acceptors (Lipinski definition) is 4. The average Bonchev–Trinajstić information content (AvgIpc) is 3.32.